The molecule has 10 nitrogen and oxygen atoms in total. The number of anilines is 1. The first-order valence-corrected chi connectivity index (χ1v) is 12.3. The Kier molecular flexibility index (Phi) is 4.46. The lowest BCUT2D eigenvalue weighted by Gasteiger charge is -2.43. The van der Waals surface area contributed by atoms with Crippen LogP contribution in [0.2, 0.25) is 0 Å². The van der Waals surface area contributed by atoms with E-state index in [2.05, 4.69) is 29.0 Å². The molecule has 1 fully saturated rings. The number of hydrogen-bond donors (Lipinski definition) is 5. The van der Waals surface area contributed by atoms with Crippen molar-refractivity contribution in [2.24, 2.45) is 11.8 Å². The number of ether oxygens (including phenoxy) is 2. The van der Waals surface area contributed by atoms with E-state index < -0.39 is 75.0 Å². The molecule has 2 aliphatic heterocycles. The normalized spacial score (nSPS) is 30.5. The van der Waals surface area contributed by atoms with Crippen LogP contribution < -0.4 is 5.32 Å². The lowest BCUT2D eigenvalue weighted by molar-refractivity contribution is -0.134. The van der Waals surface area contributed by atoms with Crippen LogP contribution in [0.5, 0.6) is 17.2 Å². The number of carbonyl (C=O) groups is 3. The molecule has 0 spiro atoms. The Morgan fingerprint density at radius 2 is 1.57 bits per heavy atom. The van der Waals surface area contributed by atoms with E-state index in [4.69, 9.17) is 9.47 Å². The number of epoxide rings is 1. The molecule has 10 heteroatoms. The quantitative estimate of drug-likeness (QED) is 0.186. The van der Waals surface area contributed by atoms with E-state index in [1.807, 2.05) is 0 Å². The number of phenols is 3. The van der Waals surface area contributed by atoms with E-state index in [9.17, 15) is 34.8 Å². The summed E-state index contributed by atoms with van der Waals surface area (Å²) in [4.78, 5) is 40.0. The zero-order valence-corrected chi connectivity index (χ0v) is 20.9. The summed E-state index contributed by atoms with van der Waals surface area (Å²) in [5.41, 5.74) is -3.72. The molecule has 4 bridgehead atoms. The fourth-order valence-electron chi connectivity index (χ4n) is 6.93. The van der Waals surface area contributed by atoms with Crippen molar-refractivity contribution in [3.63, 3.8) is 0 Å². The first-order chi connectivity index (χ1) is 19.1. The topological polar surface area (TPSA) is 166 Å². The molecule has 0 radical (unpaired) electrons. The molecule has 5 atom stereocenters. The molecule has 1 unspecified atom stereocenters. The molecule has 2 aromatic rings. The number of carboxylic acid groups (broad SMARTS) is 1. The van der Waals surface area contributed by atoms with Crippen molar-refractivity contribution >= 4 is 23.2 Å². The van der Waals surface area contributed by atoms with Crippen LogP contribution >= 0.6 is 0 Å². The highest BCUT2D eigenvalue weighted by atomic mass is 16.6. The predicted molar refractivity (Wildman–Crippen MR) is 137 cm³/mol. The fourth-order valence-corrected chi connectivity index (χ4v) is 6.93. The standard InChI is InChI=1S/C30H19NO9/c1-12-19(28(37)38)27(39-2)13-7-5-3-4-6-8-18-29(12)30(13,40-29)14-11-17(34)22-23(24(14)31-18)26(36)21-16(33)10-9-15(32)20(21)25(22)35/h3-4,9-13,18,31-34H,1-2H3,(H,37,38)/b4-3-/t12-,13-,18?,29-,30+/m0/s1. The Bertz CT molecular complexity index is 1850. The largest absolute Gasteiger partial charge is 0.507 e. The maximum atomic E-state index is 13.9. The molecule has 2 heterocycles. The molecule has 5 aliphatic rings. The van der Waals surface area contributed by atoms with E-state index in [1.54, 1.807) is 6.92 Å². The fraction of sp³-hybridized carbons (Fsp3) is 0.233. The van der Waals surface area contributed by atoms with Crippen molar-refractivity contribution < 1.29 is 44.3 Å². The van der Waals surface area contributed by atoms with Gasteiger partial charge in [-0.2, -0.15) is 0 Å². The summed E-state index contributed by atoms with van der Waals surface area (Å²) in [6.07, 6.45) is 3.04. The number of benzene rings is 2. The van der Waals surface area contributed by atoms with Crippen molar-refractivity contribution in [2.45, 2.75) is 24.2 Å². The Morgan fingerprint density at radius 1 is 0.975 bits per heavy atom. The van der Waals surface area contributed by atoms with Gasteiger partial charge in [-0.1, -0.05) is 30.6 Å². The van der Waals surface area contributed by atoms with Gasteiger partial charge in [0.1, 0.15) is 46.2 Å². The number of ketones is 2. The number of carbonyl (C=O) groups excluding carboxylic acids is 2. The molecule has 0 aromatic heterocycles. The third kappa shape index (κ3) is 2.48. The number of allylic oxidation sites excluding steroid dienone is 2. The summed E-state index contributed by atoms with van der Waals surface area (Å²) in [6.45, 7) is 1.68. The number of aliphatic carboxylic acids is 1. The Hall–Kier alpha value is -5.19. The third-order valence-corrected chi connectivity index (χ3v) is 8.53. The molecule has 7 rings (SSSR count). The average Bonchev–Trinajstić information content (AvgIpc) is 3.64. The maximum absolute atomic E-state index is 13.9. The monoisotopic (exact) mass is 537 g/mol. The van der Waals surface area contributed by atoms with Crippen LogP contribution in [0.4, 0.5) is 5.69 Å². The molecule has 0 saturated carbocycles. The first-order valence-electron chi connectivity index (χ1n) is 12.3. The van der Waals surface area contributed by atoms with Gasteiger partial charge < -0.3 is 35.2 Å². The molecule has 5 N–H and O–H groups in total. The highest BCUT2D eigenvalue weighted by Gasteiger charge is 2.85. The third-order valence-electron chi connectivity index (χ3n) is 8.53. The van der Waals surface area contributed by atoms with Gasteiger partial charge in [0.25, 0.3) is 0 Å². The van der Waals surface area contributed by atoms with E-state index in [1.165, 1.54) is 25.3 Å². The van der Waals surface area contributed by atoms with Crippen LogP contribution in [0.25, 0.3) is 0 Å². The van der Waals surface area contributed by atoms with Crippen LogP contribution in [0.3, 0.4) is 0 Å². The number of carboxylic acids is 1. The Labute approximate surface area is 226 Å². The van der Waals surface area contributed by atoms with Crippen molar-refractivity contribution in [1.29, 1.82) is 0 Å². The maximum Gasteiger partial charge on any atom is 0.335 e. The smallest absolute Gasteiger partial charge is 0.335 e. The second-order valence-corrected chi connectivity index (χ2v) is 10.1. The molecule has 0 amide bonds. The molecule has 40 heavy (non-hydrogen) atoms. The van der Waals surface area contributed by atoms with Crippen molar-refractivity contribution in [2.75, 3.05) is 12.4 Å². The van der Waals surface area contributed by atoms with Crippen molar-refractivity contribution in [3.05, 3.63) is 69.5 Å². The van der Waals surface area contributed by atoms with Crippen LogP contribution in [0.1, 0.15) is 44.3 Å². The number of aromatic hydroxyl groups is 3. The SMILES string of the molecule is COC1=C(C(=O)O)[C@H](C)[C@@]23O[C@]24c2cc(O)c5c(c2NC3C#C/C=C\C#C[C@@H]14)C(=O)c1c(O)ccc(O)c1C5=O. The van der Waals surface area contributed by atoms with E-state index >= 15 is 0 Å². The van der Waals surface area contributed by atoms with Crippen molar-refractivity contribution in [1.82, 2.24) is 0 Å². The van der Waals surface area contributed by atoms with Gasteiger partial charge in [-0.3, -0.25) is 9.59 Å². The second-order valence-electron chi connectivity index (χ2n) is 10.1. The predicted octanol–water partition coefficient (Wildman–Crippen LogP) is 2.16. The van der Waals surface area contributed by atoms with Gasteiger partial charge in [0.2, 0.25) is 11.6 Å². The van der Waals surface area contributed by atoms with Gasteiger partial charge in [-0.05, 0) is 30.4 Å². The lowest BCUT2D eigenvalue weighted by atomic mass is 9.59. The van der Waals surface area contributed by atoms with Gasteiger partial charge in [0.15, 0.2) is 0 Å². The molecule has 3 aliphatic carbocycles. The van der Waals surface area contributed by atoms with Crippen molar-refractivity contribution in [3.8, 4) is 40.9 Å². The molecular formula is C30H19NO9. The minimum Gasteiger partial charge on any atom is -0.507 e. The number of methoxy groups -OCH3 is 1. The van der Waals surface area contributed by atoms with Gasteiger partial charge in [0, 0.05) is 11.5 Å². The van der Waals surface area contributed by atoms with Gasteiger partial charge in [-0.15, -0.1) is 0 Å². The summed E-state index contributed by atoms with van der Waals surface area (Å²) in [6, 6.07) is 2.60. The molecule has 198 valence electrons. The summed E-state index contributed by atoms with van der Waals surface area (Å²) in [7, 11) is 1.34. The molecule has 1 saturated heterocycles. The number of nitrogens with one attached hydrogen (secondary N) is 1. The van der Waals surface area contributed by atoms with Crippen LogP contribution in [0.15, 0.2) is 41.7 Å². The first kappa shape index (κ1) is 23.9. The van der Waals surface area contributed by atoms with E-state index in [-0.39, 0.29) is 33.7 Å². The van der Waals surface area contributed by atoms with Crippen LogP contribution in [0, 0.1) is 35.5 Å². The zero-order chi connectivity index (χ0) is 28.3. The van der Waals surface area contributed by atoms with Crippen LogP contribution in [-0.4, -0.2) is 56.7 Å². The summed E-state index contributed by atoms with van der Waals surface area (Å²) in [5, 5.41) is 45.5. The number of hydrogen-bond acceptors (Lipinski definition) is 9. The van der Waals surface area contributed by atoms with Gasteiger partial charge in [-0.25, -0.2) is 4.79 Å². The molecular weight excluding hydrogens is 518 g/mol. The summed E-state index contributed by atoms with van der Waals surface area (Å²) in [5.74, 6) is 5.71. The summed E-state index contributed by atoms with van der Waals surface area (Å²) >= 11 is 0. The van der Waals surface area contributed by atoms with Gasteiger partial charge >= 0.3 is 5.97 Å². The highest BCUT2D eigenvalue weighted by molar-refractivity contribution is 6.33. The minimum absolute atomic E-state index is 0.0284. The van der Waals surface area contributed by atoms with Gasteiger partial charge in [0.05, 0.1) is 40.6 Å². The number of fused-ring (bicyclic) bond motifs is 4. The zero-order valence-electron chi connectivity index (χ0n) is 20.9. The lowest BCUT2D eigenvalue weighted by Crippen LogP contribution is -2.55. The minimum atomic E-state index is -1.41. The Morgan fingerprint density at radius 3 is 2.20 bits per heavy atom. The van der Waals surface area contributed by atoms with E-state index in [0.29, 0.717) is 0 Å². The number of rotatable bonds is 2. The van der Waals surface area contributed by atoms with E-state index in [0.717, 1.165) is 12.1 Å². The highest BCUT2D eigenvalue weighted by Crippen LogP contribution is 2.74. The molecule has 2 aromatic carbocycles. The second kappa shape index (κ2) is 7.47. The summed E-state index contributed by atoms with van der Waals surface area (Å²) < 4.78 is 12.2. The average molecular weight is 537 g/mol. The Balaban J connectivity index is 1.59. The number of phenolic OH excluding ortho intramolecular Hbond substituents is 3. The van der Waals surface area contributed by atoms with Crippen LogP contribution in [-0.2, 0) is 19.9 Å².